The monoisotopic (exact) mass is 922 g/mol. The first-order valence-electron chi connectivity index (χ1n) is 23.9. The van der Waals surface area contributed by atoms with E-state index in [0.717, 1.165) is 125 Å². The zero-order valence-corrected chi connectivity index (χ0v) is 38.8. The molecule has 15 rings (SSSR count). The Hall–Kier alpha value is -9.30. The van der Waals surface area contributed by atoms with Crippen molar-refractivity contribution in [2.24, 2.45) is 0 Å². The van der Waals surface area contributed by atoms with Gasteiger partial charge in [0, 0.05) is 53.7 Å². The number of benzene rings is 10. The van der Waals surface area contributed by atoms with E-state index in [1.54, 1.807) is 11.3 Å². The van der Waals surface area contributed by atoms with Crippen LogP contribution in [-0.4, -0.2) is 29.1 Å². The summed E-state index contributed by atoms with van der Waals surface area (Å²) in [6.07, 6.45) is 0. The standard InChI is InChI=1S/C64H38N6S/c1-4-18-41(19-5-1)57-38-53-62(71-57)59(43-22-8-3-9-23-43)67-63(65-53)70-56-35-31-45(37-52(56)49-32-28-40-17-11-13-25-47(40)61(49)70)44-30-34-55-51(36-44)48-26-14-15-27-54(48)69(55)64-66-58(42-20-6-2-7-21-42)50-33-29-39-16-10-12-24-46(39)60(50)68-64/h1-38H. The van der Waals surface area contributed by atoms with E-state index in [0.29, 0.717) is 11.9 Å². The van der Waals surface area contributed by atoms with E-state index in [9.17, 15) is 0 Å². The van der Waals surface area contributed by atoms with E-state index in [1.807, 2.05) is 6.07 Å². The molecule has 0 unspecified atom stereocenters. The van der Waals surface area contributed by atoms with E-state index in [4.69, 9.17) is 19.9 Å². The third-order valence-corrected chi connectivity index (χ3v) is 15.3. The first-order chi connectivity index (χ1) is 35.2. The Labute approximate surface area is 411 Å². The lowest BCUT2D eigenvalue weighted by molar-refractivity contribution is 1.02. The highest BCUT2D eigenvalue weighted by Gasteiger charge is 2.23. The van der Waals surface area contributed by atoms with Crippen molar-refractivity contribution < 1.29 is 0 Å². The molecule has 71 heavy (non-hydrogen) atoms. The van der Waals surface area contributed by atoms with Gasteiger partial charge in [-0.05, 0) is 69.9 Å². The van der Waals surface area contributed by atoms with Gasteiger partial charge < -0.3 is 0 Å². The minimum Gasteiger partial charge on any atom is -0.278 e. The maximum absolute atomic E-state index is 5.50. The van der Waals surface area contributed by atoms with Gasteiger partial charge in [-0.3, -0.25) is 9.13 Å². The summed E-state index contributed by atoms with van der Waals surface area (Å²) in [6, 6.07) is 82.0. The molecule has 0 N–H and O–H groups in total. The fourth-order valence-corrected chi connectivity index (χ4v) is 12.0. The summed E-state index contributed by atoms with van der Waals surface area (Å²) < 4.78 is 5.59. The Morgan fingerprint density at radius 1 is 0.310 bits per heavy atom. The van der Waals surface area contributed by atoms with E-state index >= 15 is 0 Å². The number of hydrogen-bond acceptors (Lipinski definition) is 5. The molecule has 0 aliphatic rings. The fraction of sp³-hybridized carbons (Fsp3) is 0. The lowest BCUT2D eigenvalue weighted by Gasteiger charge is -2.13. The quantitative estimate of drug-likeness (QED) is 0.156. The molecule has 0 amide bonds. The number of nitrogens with zero attached hydrogens (tertiary/aromatic N) is 6. The molecule has 0 saturated heterocycles. The molecule has 0 spiro atoms. The number of rotatable bonds is 6. The lowest BCUT2D eigenvalue weighted by Crippen LogP contribution is -2.03. The number of para-hydroxylation sites is 1. The van der Waals surface area contributed by atoms with Crippen LogP contribution in [0.15, 0.2) is 231 Å². The van der Waals surface area contributed by atoms with Crippen LogP contribution in [0, 0.1) is 0 Å². The minimum absolute atomic E-state index is 0.641. The fourth-order valence-electron chi connectivity index (χ4n) is 10.9. The van der Waals surface area contributed by atoms with Crippen molar-refractivity contribution in [2.75, 3.05) is 0 Å². The minimum atomic E-state index is 0.641. The average molecular weight is 923 g/mol. The van der Waals surface area contributed by atoms with Crippen molar-refractivity contribution in [3.63, 3.8) is 0 Å². The molecule has 330 valence electrons. The van der Waals surface area contributed by atoms with Crippen molar-refractivity contribution >= 4 is 97.6 Å². The van der Waals surface area contributed by atoms with Crippen LogP contribution >= 0.6 is 11.3 Å². The first kappa shape index (κ1) is 39.7. The van der Waals surface area contributed by atoms with Gasteiger partial charge in [0.05, 0.1) is 49.2 Å². The zero-order valence-electron chi connectivity index (χ0n) is 38.0. The molecule has 7 heteroatoms. The summed E-state index contributed by atoms with van der Waals surface area (Å²) in [6.45, 7) is 0. The van der Waals surface area contributed by atoms with E-state index in [2.05, 4.69) is 234 Å². The van der Waals surface area contributed by atoms with Crippen molar-refractivity contribution in [3.05, 3.63) is 231 Å². The zero-order chi connectivity index (χ0) is 46.6. The number of fused-ring (bicyclic) bond motifs is 12. The van der Waals surface area contributed by atoms with Gasteiger partial charge in [-0.25, -0.2) is 19.9 Å². The first-order valence-corrected chi connectivity index (χ1v) is 24.7. The van der Waals surface area contributed by atoms with E-state index in [-0.39, 0.29) is 0 Å². The molecule has 0 radical (unpaired) electrons. The topological polar surface area (TPSA) is 61.4 Å². The molecular weight excluding hydrogens is 885 g/mol. The molecule has 0 atom stereocenters. The van der Waals surface area contributed by atoms with E-state index < -0.39 is 0 Å². The summed E-state index contributed by atoms with van der Waals surface area (Å²) >= 11 is 1.75. The molecule has 5 heterocycles. The summed E-state index contributed by atoms with van der Waals surface area (Å²) in [5.74, 6) is 1.29. The van der Waals surface area contributed by atoms with Crippen molar-refractivity contribution in [2.45, 2.75) is 0 Å². The highest BCUT2D eigenvalue weighted by molar-refractivity contribution is 7.22. The summed E-state index contributed by atoms with van der Waals surface area (Å²) in [5, 5.41) is 10.1. The summed E-state index contributed by atoms with van der Waals surface area (Å²) in [4.78, 5) is 22.9. The average Bonchev–Trinajstić information content (AvgIpc) is 4.13. The molecule has 5 aromatic heterocycles. The van der Waals surface area contributed by atoms with Gasteiger partial charge in [0.25, 0.3) is 0 Å². The normalized spacial score (nSPS) is 11.9. The van der Waals surface area contributed by atoms with Gasteiger partial charge in [0.15, 0.2) is 0 Å². The third kappa shape index (κ3) is 6.20. The number of aromatic nitrogens is 6. The molecule has 6 nitrogen and oxygen atoms in total. The predicted octanol–water partition coefficient (Wildman–Crippen LogP) is 16.8. The van der Waals surface area contributed by atoms with Gasteiger partial charge >= 0.3 is 0 Å². The van der Waals surface area contributed by atoms with Crippen LogP contribution in [0.5, 0.6) is 0 Å². The second kappa shape index (κ2) is 15.6. The number of hydrogen-bond donors (Lipinski definition) is 0. The van der Waals surface area contributed by atoms with Crippen molar-refractivity contribution in [1.82, 2.24) is 29.1 Å². The Morgan fingerprint density at radius 2 is 0.831 bits per heavy atom. The second-order valence-electron chi connectivity index (χ2n) is 18.2. The van der Waals surface area contributed by atoms with Crippen molar-refractivity contribution in [3.8, 4) is 56.0 Å². The molecule has 0 aliphatic heterocycles. The Kier molecular flexibility index (Phi) is 8.73. The largest absolute Gasteiger partial charge is 0.278 e. The van der Waals surface area contributed by atoms with Crippen LogP contribution in [-0.2, 0) is 0 Å². The van der Waals surface area contributed by atoms with Crippen LogP contribution in [0.3, 0.4) is 0 Å². The Bertz CT molecular complexity index is 4630. The highest BCUT2D eigenvalue weighted by Crippen LogP contribution is 2.43. The molecule has 10 aromatic carbocycles. The van der Waals surface area contributed by atoms with Crippen LogP contribution in [0.25, 0.3) is 142 Å². The highest BCUT2D eigenvalue weighted by atomic mass is 32.1. The van der Waals surface area contributed by atoms with Gasteiger partial charge in [-0.2, -0.15) is 0 Å². The van der Waals surface area contributed by atoms with Crippen LogP contribution in [0.4, 0.5) is 0 Å². The van der Waals surface area contributed by atoms with Crippen LogP contribution < -0.4 is 0 Å². The maximum atomic E-state index is 5.50. The Morgan fingerprint density at radius 3 is 1.55 bits per heavy atom. The van der Waals surface area contributed by atoms with Gasteiger partial charge in [0.2, 0.25) is 11.9 Å². The third-order valence-electron chi connectivity index (χ3n) is 14.1. The number of thiophene rings is 1. The second-order valence-corrected chi connectivity index (χ2v) is 19.2. The van der Waals surface area contributed by atoms with E-state index in [1.165, 1.54) is 5.56 Å². The molecule has 0 bridgehead atoms. The van der Waals surface area contributed by atoms with Gasteiger partial charge in [-0.15, -0.1) is 11.3 Å². The van der Waals surface area contributed by atoms with Crippen LogP contribution in [0.1, 0.15) is 0 Å². The lowest BCUT2D eigenvalue weighted by atomic mass is 10.00. The molecule has 15 aromatic rings. The SMILES string of the molecule is c1ccc(-c2cc3nc(-n4c5ccc(-c6ccc7c(c6)c6ccccc6n7-c6nc(-c7ccccc7)c7ccc8ccccc8c7n6)cc5c5ccc6ccccc6c54)nc(-c4ccccc4)c3s2)cc1. The molecule has 0 aliphatic carbocycles. The van der Waals surface area contributed by atoms with Gasteiger partial charge in [0.1, 0.15) is 0 Å². The maximum Gasteiger partial charge on any atom is 0.235 e. The Balaban J connectivity index is 0.938. The molecule has 0 fully saturated rings. The van der Waals surface area contributed by atoms with Gasteiger partial charge in [-0.1, -0.05) is 188 Å². The van der Waals surface area contributed by atoms with Crippen LogP contribution in [0.2, 0.25) is 0 Å². The smallest absolute Gasteiger partial charge is 0.235 e. The predicted molar refractivity (Wildman–Crippen MR) is 296 cm³/mol. The summed E-state index contributed by atoms with van der Waals surface area (Å²) in [7, 11) is 0. The summed E-state index contributed by atoms with van der Waals surface area (Å²) in [5.41, 5.74) is 13.4. The molecule has 0 saturated carbocycles. The molecular formula is C64H38N6S. The van der Waals surface area contributed by atoms with Crippen molar-refractivity contribution in [1.29, 1.82) is 0 Å².